The molecule has 2 aromatic rings. The van der Waals surface area contributed by atoms with E-state index >= 15 is 0 Å². The highest BCUT2D eigenvalue weighted by atomic mass is 35.5. The summed E-state index contributed by atoms with van der Waals surface area (Å²) in [7, 11) is 0. The zero-order valence-corrected chi connectivity index (χ0v) is 18.2. The molecule has 2 aromatic carbocycles. The first-order chi connectivity index (χ1) is 15.5. The van der Waals surface area contributed by atoms with E-state index in [1.54, 1.807) is 12.1 Å². The van der Waals surface area contributed by atoms with Crippen molar-refractivity contribution in [3.8, 4) is 5.75 Å². The summed E-state index contributed by atoms with van der Waals surface area (Å²) in [6.07, 6.45) is -3.74. The van der Waals surface area contributed by atoms with Gasteiger partial charge in [0.25, 0.3) is 0 Å². The maximum atomic E-state index is 10.4. The number of rotatable bonds is 6. The summed E-state index contributed by atoms with van der Waals surface area (Å²) in [4.78, 5) is 0. The van der Waals surface area contributed by atoms with Crippen LogP contribution in [-0.2, 0) is 11.2 Å². The number of halogens is 1. The molecule has 1 saturated heterocycles. The van der Waals surface area contributed by atoms with Gasteiger partial charge in [0.1, 0.15) is 42.4 Å². The van der Waals surface area contributed by atoms with E-state index in [0.717, 1.165) is 40.5 Å². The first kappa shape index (κ1) is 20.9. The molecule has 1 aliphatic heterocycles. The van der Waals surface area contributed by atoms with Gasteiger partial charge in [0.2, 0.25) is 0 Å². The Balaban J connectivity index is 1.16. The Morgan fingerprint density at radius 1 is 0.938 bits per heavy atom. The van der Waals surface area contributed by atoms with Crippen molar-refractivity contribution >= 4 is 11.6 Å². The number of hydrogen-bond donors (Lipinski definition) is 4. The van der Waals surface area contributed by atoms with Gasteiger partial charge in [-0.25, -0.2) is 0 Å². The highest BCUT2D eigenvalue weighted by Crippen LogP contribution is 2.82. The van der Waals surface area contributed by atoms with Gasteiger partial charge < -0.3 is 29.9 Å². The molecule has 5 fully saturated rings. The topological polar surface area (TPSA) is 99.4 Å². The zero-order valence-electron chi connectivity index (χ0n) is 17.4. The van der Waals surface area contributed by atoms with E-state index in [9.17, 15) is 20.4 Å². The Bertz CT molecular complexity index is 993. The lowest BCUT2D eigenvalue weighted by molar-refractivity contribution is -0.231. The highest BCUT2D eigenvalue weighted by molar-refractivity contribution is 6.31. The van der Waals surface area contributed by atoms with Crippen LogP contribution in [0, 0.1) is 23.7 Å². The van der Waals surface area contributed by atoms with E-state index < -0.39 is 37.1 Å². The van der Waals surface area contributed by atoms with Crippen LogP contribution in [0.1, 0.15) is 29.2 Å². The third kappa shape index (κ3) is 3.36. The second kappa shape index (κ2) is 7.69. The third-order valence-electron chi connectivity index (χ3n) is 7.87. The summed E-state index contributed by atoms with van der Waals surface area (Å²) in [6, 6.07) is 13.4. The first-order valence-electron chi connectivity index (χ1n) is 11.3. The summed E-state index contributed by atoms with van der Waals surface area (Å²) in [5, 5.41) is 40.6. The molecule has 7 rings (SSSR count). The quantitative estimate of drug-likeness (QED) is 0.529. The summed E-state index contributed by atoms with van der Waals surface area (Å²) >= 11 is 6.44. The molecule has 2 bridgehead atoms. The van der Waals surface area contributed by atoms with Gasteiger partial charge in [0, 0.05) is 10.9 Å². The standard InChI is InChI=1S/C25H27ClO6/c26-16-6-3-12(25-24(30)23(29)22(28)18(10-27)32-25)8-13(16)7-11-1-4-14(5-2-11)31-17-9-15-19-20(15)21(17)19/h1-6,8,15,17-25,27-30H,7,9-10H2/t15?,17?,18-,19?,20?,21?,22-,23+,24-,25?/m1/s1. The molecule has 5 aliphatic rings. The molecular formula is C25H27ClO6. The van der Waals surface area contributed by atoms with E-state index in [-0.39, 0.29) is 0 Å². The Morgan fingerprint density at radius 3 is 2.34 bits per heavy atom. The van der Waals surface area contributed by atoms with Gasteiger partial charge in [-0.1, -0.05) is 35.9 Å². The number of benzene rings is 2. The molecule has 4 aliphatic carbocycles. The molecule has 0 amide bonds. The van der Waals surface area contributed by atoms with Crippen LogP contribution in [0.25, 0.3) is 0 Å². The molecule has 4 saturated carbocycles. The lowest BCUT2D eigenvalue weighted by Gasteiger charge is -2.40. The number of fused-ring (bicyclic) bond motifs is 1. The van der Waals surface area contributed by atoms with Gasteiger partial charge >= 0.3 is 0 Å². The fourth-order valence-corrected chi connectivity index (χ4v) is 6.15. The molecule has 0 aromatic heterocycles. The monoisotopic (exact) mass is 458 g/mol. The molecule has 4 N–H and O–H groups in total. The van der Waals surface area contributed by atoms with Gasteiger partial charge in [-0.3, -0.25) is 0 Å². The summed E-state index contributed by atoms with van der Waals surface area (Å²) in [6.45, 7) is -0.458. The molecular weight excluding hydrogens is 432 g/mol. The minimum atomic E-state index is -1.41. The predicted octanol–water partition coefficient (Wildman–Crippen LogP) is 2.09. The van der Waals surface area contributed by atoms with E-state index in [4.69, 9.17) is 21.1 Å². The molecule has 170 valence electrons. The van der Waals surface area contributed by atoms with Crippen molar-refractivity contribution in [2.45, 2.75) is 49.5 Å². The van der Waals surface area contributed by atoms with Gasteiger partial charge in [-0.2, -0.15) is 0 Å². The van der Waals surface area contributed by atoms with Crippen LogP contribution < -0.4 is 4.74 Å². The van der Waals surface area contributed by atoms with Gasteiger partial charge in [-0.05, 0) is 65.5 Å². The van der Waals surface area contributed by atoms with E-state index in [0.29, 0.717) is 23.1 Å². The Morgan fingerprint density at radius 2 is 1.69 bits per heavy atom. The van der Waals surface area contributed by atoms with Crippen molar-refractivity contribution in [1.82, 2.24) is 0 Å². The second-order valence-corrected chi connectivity index (χ2v) is 10.1. The Kier molecular flexibility index (Phi) is 5.02. The van der Waals surface area contributed by atoms with Crippen LogP contribution in [0.3, 0.4) is 0 Å². The van der Waals surface area contributed by atoms with Crippen molar-refractivity contribution in [1.29, 1.82) is 0 Å². The lowest BCUT2D eigenvalue weighted by atomic mass is 9.90. The molecule has 1 heterocycles. The summed E-state index contributed by atoms with van der Waals surface area (Å²) in [5.41, 5.74) is 2.56. The highest BCUT2D eigenvalue weighted by Gasteiger charge is 2.81. The van der Waals surface area contributed by atoms with E-state index in [1.165, 1.54) is 6.42 Å². The minimum absolute atomic E-state index is 0.394. The van der Waals surface area contributed by atoms with Crippen LogP contribution in [0.4, 0.5) is 0 Å². The number of hydrogen-bond acceptors (Lipinski definition) is 6. The molecule has 6 nitrogen and oxygen atoms in total. The normalized spacial score (nSPS) is 41.3. The minimum Gasteiger partial charge on any atom is -0.490 e. The number of aliphatic hydroxyl groups excluding tert-OH is 4. The van der Waals surface area contributed by atoms with Crippen molar-refractivity contribution in [3.63, 3.8) is 0 Å². The summed E-state index contributed by atoms with van der Waals surface area (Å²) < 4.78 is 11.9. The third-order valence-corrected chi connectivity index (χ3v) is 8.24. The van der Waals surface area contributed by atoms with Crippen molar-refractivity contribution in [2.75, 3.05) is 6.61 Å². The number of ether oxygens (including phenoxy) is 2. The average molecular weight is 459 g/mol. The van der Waals surface area contributed by atoms with Gasteiger partial charge in [0.15, 0.2) is 0 Å². The maximum absolute atomic E-state index is 10.4. The fraction of sp³-hybridized carbons (Fsp3) is 0.520. The van der Waals surface area contributed by atoms with Gasteiger partial charge in [-0.15, -0.1) is 0 Å². The summed E-state index contributed by atoms with van der Waals surface area (Å²) in [5.74, 6) is 4.60. The van der Waals surface area contributed by atoms with Crippen molar-refractivity contribution in [2.24, 2.45) is 23.7 Å². The SMILES string of the molecule is OC[C@H]1OC(c2ccc(Cl)c(Cc3ccc(OC4CC5C6C4C56)cc3)c2)[C@H](O)[C@@H](O)[C@@H]1O. The van der Waals surface area contributed by atoms with Crippen molar-refractivity contribution < 1.29 is 29.9 Å². The Hall–Kier alpha value is -1.67. The van der Waals surface area contributed by atoms with Crippen LogP contribution in [0.5, 0.6) is 5.75 Å². The zero-order chi connectivity index (χ0) is 22.1. The molecule has 0 spiro atoms. The smallest absolute Gasteiger partial charge is 0.119 e. The fourth-order valence-electron chi connectivity index (χ4n) is 5.97. The molecule has 7 heteroatoms. The molecule has 0 radical (unpaired) electrons. The molecule has 32 heavy (non-hydrogen) atoms. The average Bonchev–Trinajstić information content (AvgIpc) is 3.62. The Labute approximate surface area is 191 Å². The maximum Gasteiger partial charge on any atom is 0.119 e. The first-order valence-corrected chi connectivity index (χ1v) is 11.7. The largest absolute Gasteiger partial charge is 0.490 e. The van der Waals surface area contributed by atoms with Crippen LogP contribution in [0.15, 0.2) is 42.5 Å². The van der Waals surface area contributed by atoms with Crippen molar-refractivity contribution in [3.05, 3.63) is 64.2 Å². The molecule has 4 unspecified atom stereocenters. The predicted molar refractivity (Wildman–Crippen MR) is 116 cm³/mol. The van der Waals surface area contributed by atoms with Gasteiger partial charge in [0.05, 0.1) is 6.61 Å². The lowest BCUT2D eigenvalue weighted by Crippen LogP contribution is -2.55. The van der Waals surface area contributed by atoms with E-state index in [2.05, 4.69) is 0 Å². The van der Waals surface area contributed by atoms with Crippen LogP contribution in [0.2, 0.25) is 5.02 Å². The molecule has 8 atom stereocenters. The number of aliphatic hydroxyl groups is 4. The second-order valence-electron chi connectivity index (χ2n) is 9.71. The van der Waals surface area contributed by atoms with Crippen LogP contribution in [-0.4, -0.2) is 57.6 Å². The van der Waals surface area contributed by atoms with Crippen LogP contribution >= 0.6 is 11.6 Å². The van der Waals surface area contributed by atoms with E-state index in [1.807, 2.05) is 30.3 Å².